The molecule has 0 aliphatic heterocycles. The number of benzene rings is 1. The summed E-state index contributed by atoms with van der Waals surface area (Å²) in [5, 5.41) is 8.60. The normalized spacial score (nSPS) is 12.1. The lowest BCUT2D eigenvalue weighted by molar-refractivity contribution is 0.301. The molecule has 0 saturated carbocycles. The molecule has 7 heteroatoms. The summed E-state index contributed by atoms with van der Waals surface area (Å²) in [6.45, 7) is 1.43. The first-order chi connectivity index (χ1) is 8.03. The second kappa shape index (κ2) is 4.44. The fraction of sp³-hybridized carbons (Fsp3) is 0.300. The zero-order valence-corrected chi connectivity index (χ0v) is 9.99. The molecule has 2 rings (SSSR count). The van der Waals surface area contributed by atoms with E-state index in [1.165, 1.54) is 12.1 Å². The molecular weight excluding hydrogens is 244 g/mol. The van der Waals surface area contributed by atoms with E-state index >= 15 is 0 Å². The minimum absolute atomic E-state index is 0.0181. The summed E-state index contributed by atoms with van der Waals surface area (Å²) in [7, 11) is -3.60. The summed E-state index contributed by atoms with van der Waals surface area (Å²) in [6, 6.07) is 4.44. The third kappa shape index (κ3) is 2.46. The highest BCUT2D eigenvalue weighted by molar-refractivity contribution is 7.89. The first-order valence-electron chi connectivity index (χ1n) is 5.00. The molecule has 0 spiro atoms. The molecule has 1 aromatic heterocycles. The number of hydrogen-bond acceptors (Lipinski definition) is 5. The fourth-order valence-electron chi connectivity index (χ4n) is 1.45. The maximum absolute atomic E-state index is 11.8. The van der Waals surface area contributed by atoms with Gasteiger partial charge in [-0.2, -0.15) is 0 Å². The third-order valence-electron chi connectivity index (χ3n) is 2.18. The molecule has 2 aromatic rings. The Hall–Kier alpha value is -1.44. The number of aliphatic hydroxyl groups is 1. The van der Waals surface area contributed by atoms with Crippen molar-refractivity contribution in [2.75, 3.05) is 13.2 Å². The average molecular weight is 256 g/mol. The molecule has 0 saturated heterocycles. The lowest BCUT2D eigenvalue weighted by Crippen LogP contribution is -2.26. The Balaban J connectivity index is 2.42. The van der Waals surface area contributed by atoms with Gasteiger partial charge < -0.3 is 9.52 Å². The largest absolute Gasteiger partial charge is 0.441 e. The fourth-order valence-corrected chi connectivity index (χ4v) is 2.49. The standard InChI is InChI=1S/C10H12N2O4S/c1-7-12-9-3-2-8(6-10(9)16-7)17(14,15)11-4-5-13/h2-3,6,11,13H,4-5H2,1H3. The van der Waals surface area contributed by atoms with Crippen LogP contribution in [0.4, 0.5) is 0 Å². The van der Waals surface area contributed by atoms with Crippen molar-refractivity contribution in [3.63, 3.8) is 0 Å². The van der Waals surface area contributed by atoms with Gasteiger partial charge in [0.15, 0.2) is 11.5 Å². The van der Waals surface area contributed by atoms with Gasteiger partial charge in [-0.05, 0) is 12.1 Å². The van der Waals surface area contributed by atoms with Crippen molar-refractivity contribution in [3.8, 4) is 0 Å². The van der Waals surface area contributed by atoms with Gasteiger partial charge in [-0.15, -0.1) is 0 Å². The van der Waals surface area contributed by atoms with E-state index in [4.69, 9.17) is 9.52 Å². The van der Waals surface area contributed by atoms with E-state index in [0.717, 1.165) is 0 Å². The average Bonchev–Trinajstić information content (AvgIpc) is 2.65. The molecule has 0 bridgehead atoms. The molecule has 0 aliphatic rings. The number of oxazole rings is 1. The number of nitrogens with one attached hydrogen (secondary N) is 1. The van der Waals surface area contributed by atoms with Crippen LogP contribution in [0.3, 0.4) is 0 Å². The second-order valence-corrected chi connectivity index (χ2v) is 5.25. The van der Waals surface area contributed by atoms with E-state index in [1.54, 1.807) is 13.0 Å². The maximum atomic E-state index is 11.8. The quantitative estimate of drug-likeness (QED) is 0.826. The molecular formula is C10H12N2O4S. The molecule has 92 valence electrons. The summed E-state index contributed by atoms with van der Waals surface area (Å²) >= 11 is 0. The van der Waals surface area contributed by atoms with Crippen LogP contribution in [0.5, 0.6) is 0 Å². The molecule has 0 fully saturated rings. The monoisotopic (exact) mass is 256 g/mol. The number of aryl methyl sites for hydroxylation is 1. The lowest BCUT2D eigenvalue weighted by atomic mass is 10.3. The summed E-state index contributed by atoms with van der Waals surface area (Å²) in [5.74, 6) is 0.484. The maximum Gasteiger partial charge on any atom is 0.240 e. The van der Waals surface area contributed by atoms with Gasteiger partial charge in [-0.1, -0.05) is 0 Å². The third-order valence-corrected chi connectivity index (χ3v) is 3.64. The summed E-state index contributed by atoms with van der Waals surface area (Å²) < 4.78 is 31.0. The Morgan fingerprint density at radius 1 is 1.47 bits per heavy atom. The highest BCUT2D eigenvalue weighted by Crippen LogP contribution is 2.19. The lowest BCUT2D eigenvalue weighted by Gasteiger charge is -2.04. The van der Waals surface area contributed by atoms with Crippen molar-refractivity contribution in [2.45, 2.75) is 11.8 Å². The van der Waals surface area contributed by atoms with Crippen LogP contribution in [-0.2, 0) is 10.0 Å². The van der Waals surface area contributed by atoms with Crippen LogP contribution in [0.15, 0.2) is 27.5 Å². The van der Waals surface area contributed by atoms with Crippen molar-refractivity contribution in [1.82, 2.24) is 9.71 Å². The molecule has 0 radical (unpaired) electrons. The molecule has 6 nitrogen and oxygen atoms in total. The summed E-state index contributed by atoms with van der Waals surface area (Å²) in [5.41, 5.74) is 1.04. The number of sulfonamides is 1. The van der Waals surface area contributed by atoms with Gasteiger partial charge in [-0.25, -0.2) is 18.1 Å². The van der Waals surface area contributed by atoms with Gasteiger partial charge in [0.2, 0.25) is 10.0 Å². The van der Waals surface area contributed by atoms with E-state index in [2.05, 4.69) is 9.71 Å². The number of nitrogens with zero attached hydrogens (tertiary/aromatic N) is 1. The predicted octanol–water partition coefficient (Wildman–Crippen LogP) is 0.407. The number of aromatic nitrogens is 1. The van der Waals surface area contributed by atoms with E-state index in [9.17, 15) is 8.42 Å². The van der Waals surface area contributed by atoms with Crippen LogP contribution < -0.4 is 4.72 Å². The number of hydrogen-bond donors (Lipinski definition) is 2. The minimum atomic E-state index is -3.60. The Bertz CT molecular complexity index is 633. The minimum Gasteiger partial charge on any atom is -0.441 e. The number of rotatable bonds is 4. The molecule has 0 atom stereocenters. The van der Waals surface area contributed by atoms with Crippen LogP contribution in [-0.4, -0.2) is 31.7 Å². The van der Waals surface area contributed by atoms with Gasteiger partial charge in [0, 0.05) is 19.5 Å². The summed E-state index contributed by atoms with van der Waals surface area (Å²) in [4.78, 5) is 4.17. The van der Waals surface area contributed by atoms with Crippen molar-refractivity contribution >= 4 is 21.1 Å². The molecule has 0 amide bonds. The van der Waals surface area contributed by atoms with Gasteiger partial charge in [0.1, 0.15) is 5.52 Å². The van der Waals surface area contributed by atoms with Crippen LogP contribution in [0.1, 0.15) is 5.89 Å². The Labute approximate surface area is 98.3 Å². The number of fused-ring (bicyclic) bond motifs is 1. The molecule has 0 unspecified atom stereocenters. The first kappa shape index (κ1) is 12.0. The van der Waals surface area contributed by atoms with Crippen molar-refractivity contribution < 1.29 is 17.9 Å². The zero-order chi connectivity index (χ0) is 12.5. The molecule has 1 aromatic carbocycles. The van der Waals surface area contributed by atoms with Crippen molar-refractivity contribution in [2.24, 2.45) is 0 Å². The van der Waals surface area contributed by atoms with Gasteiger partial charge in [0.25, 0.3) is 0 Å². The van der Waals surface area contributed by atoms with Gasteiger partial charge in [0.05, 0.1) is 11.5 Å². The Morgan fingerprint density at radius 2 is 2.24 bits per heavy atom. The van der Waals surface area contributed by atoms with Crippen LogP contribution in [0, 0.1) is 6.92 Å². The topological polar surface area (TPSA) is 92.4 Å². The molecule has 2 N–H and O–H groups in total. The van der Waals surface area contributed by atoms with Gasteiger partial charge in [-0.3, -0.25) is 0 Å². The zero-order valence-electron chi connectivity index (χ0n) is 9.17. The highest BCUT2D eigenvalue weighted by Gasteiger charge is 2.15. The van der Waals surface area contributed by atoms with Crippen LogP contribution in [0.2, 0.25) is 0 Å². The van der Waals surface area contributed by atoms with Crippen molar-refractivity contribution in [1.29, 1.82) is 0 Å². The van der Waals surface area contributed by atoms with Crippen molar-refractivity contribution in [3.05, 3.63) is 24.1 Å². The van der Waals surface area contributed by atoms with E-state index < -0.39 is 10.0 Å². The first-order valence-corrected chi connectivity index (χ1v) is 6.49. The van der Waals surface area contributed by atoms with E-state index in [0.29, 0.717) is 17.0 Å². The summed E-state index contributed by atoms with van der Waals surface area (Å²) in [6.07, 6.45) is 0. The smallest absolute Gasteiger partial charge is 0.240 e. The van der Waals surface area contributed by atoms with E-state index in [1.807, 2.05) is 0 Å². The second-order valence-electron chi connectivity index (χ2n) is 3.48. The van der Waals surface area contributed by atoms with Crippen LogP contribution in [0.25, 0.3) is 11.1 Å². The highest BCUT2D eigenvalue weighted by atomic mass is 32.2. The SMILES string of the molecule is Cc1nc2ccc(S(=O)(=O)NCCO)cc2o1. The Morgan fingerprint density at radius 3 is 2.94 bits per heavy atom. The molecule has 0 aliphatic carbocycles. The number of aliphatic hydroxyl groups excluding tert-OH is 1. The van der Waals surface area contributed by atoms with Crippen LogP contribution >= 0.6 is 0 Å². The van der Waals surface area contributed by atoms with Gasteiger partial charge >= 0.3 is 0 Å². The predicted molar refractivity (Wildman–Crippen MR) is 61.0 cm³/mol. The molecule has 17 heavy (non-hydrogen) atoms. The van der Waals surface area contributed by atoms with E-state index in [-0.39, 0.29) is 18.0 Å². The Kier molecular flexibility index (Phi) is 3.14. The molecule has 1 heterocycles.